The summed E-state index contributed by atoms with van der Waals surface area (Å²) >= 11 is 8.03. The summed E-state index contributed by atoms with van der Waals surface area (Å²) in [7, 11) is 0. The summed E-state index contributed by atoms with van der Waals surface area (Å²) in [6.45, 7) is 5.64. The molecule has 0 amide bonds. The van der Waals surface area contributed by atoms with Crippen molar-refractivity contribution >= 4 is 22.9 Å². The lowest BCUT2D eigenvalue weighted by atomic mass is 10.2. The summed E-state index contributed by atoms with van der Waals surface area (Å²) in [6.07, 6.45) is 0.932. The Hall–Kier alpha value is -1.03. The smallest absolute Gasteiger partial charge is 0.125 e. The van der Waals surface area contributed by atoms with E-state index in [2.05, 4.69) is 36.7 Å². The van der Waals surface area contributed by atoms with Gasteiger partial charge in [-0.15, -0.1) is 11.3 Å². The fourth-order valence-corrected chi connectivity index (χ4v) is 2.79. The quantitative estimate of drug-likeness (QED) is 0.812. The molecule has 1 aromatic carbocycles. The highest BCUT2D eigenvalue weighted by molar-refractivity contribution is 7.09. The predicted molar refractivity (Wildman–Crippen MR) is 86.9 cm³/mol. The molecule has 2 rings (SSSR count). The van der Waals surface area contributed by atoms with Gasteiger partial charge in [-0.05, 0) is 23.6 Å². The minimum absolute atomic E-state index is 0.422. The van der Waals surface area contributed by atoms with Crippen LogP contribution in [-0.4, -0.2) is 12.6 Å². The second-order valence-electron chi connectivity index (χ2n) is 4.93. The molecular weight excluding hydrogens is 290 g/mol. The van der Waals surface area contributed by atoms with Crippen molar-refractivity contribution in [2.45, 2.75) is 32.9 Å². The lowest BCUT2D eigenvalue weighted by molar-refractivity contribution is 0.318. The molecule has 108 valence electrons. The van der Waals surface area contributed by atoms with Gasteiger partial charge in [-0.1, -0.05) is 37.6 Å². The first-order chi connectivity index (χ1) is 9.66. The first kappa shape index (κ1) is 15.4. The normalized spacial score (nSPS) is 11.0. The lowest BCUT2D eigenvalue weighted by Gasteiger charge is -2.15. The van der Waals surface area contributed by atoms with Crippen molar-refractivity contribution in [3.05, 3.63) is 51.2 Å². The van der Waals surface area contributed by atoms with Crippen LogP contribution in [0.4, 0.5) is 0 Å². The Morgan fingerprint density at radius 1 is 1.25 bits per heavy atom. The molecule has 1 N–H and O–H groups in total. The van der Waals surface area contributed by atoms with Gasteiger partial charge >= 0.3 is 0 Å². The summed E-state index contributed by atoms with van der Waals surface area (Å²) in [5.41, 5.74) is 1.04. The predicted octanol–water partition coefficient (Wildman–Crippen LogP) is 4.52. The molecule has 0 spiro atoms. The van der Waals surface area contributed by atoms with Gasteiger partial charge in [-0.25, -0.2) is 0 Å². The fraction of sp³-hybridized carbons (Fsp3) is 0.375. The topological polar surface area (TPSA) is 21.3 Å². The number of nitrogens with one attached hydrogen (secondary N) is 1. The van der Waals surface area contributed by atoms with Crippen LogP contribution in [-0.2, 0) is 13.0 Å². The number of benzene rings is 1. The second-order valence-corrected chi connectivity index (χ2v) is 6.37. The molecule has 1 heterocycles. The SMILES string of the molecule is CC(C)NCc1c(Cl)cccc1OCCc1cccs1. The van der Waals surface area contributed by atoms with Crippen molar-refractivity contribution in [1.29, 1.82) is 0 Å². The van der Waals surface area contributed by atoms with Crippen LogP contribution in [0, 0.1) is 0 Å². The summed E-state index contributed by atoms with van der Waals surface area (Å²) in [5, 5.41) is 6.23. The van der Waals surface area contributed by atoms with Crippen LogP contribution in [0.5, 0.6) is 5.75 Å². The maximum absolute atomic E-state index is 6.27. The number of ether oxygens (including phenoxy) is 1. The summed E-state index contributed by atoms with van der Waals surface area (Å²) in [6, 6.07) is 10.4. The van der Waals surface area contributed by atoms with E-state index in [9.17, 15) is 0 Å². The third kappa shape index (κ3) is 4.51. The minimum Gasteiger partial charge on any atom is -0.493 e. The van der Waals surface area contributed by atoms with Crippen molar-refractivity contribution in [2.24, 2.45) is 0 Å². The number of rotatable bonds is 7. The van der Waals surface area contributed by atoms with Gasteiger partial charge < -0.3 is 10.1 Å². The number of thiophene rings is 1. The second kappa shape index (κ2) is 7.67. The Bertz CT molecular complexity index is 525. The highest BCUT2D eigenvalue weighted by atomic mass is 35.5. The van der Waals surface area contributed by atoms with Gasteiger partial charge in [0.1, 0.15) is 5.75 Å². The maximum atomic E-state index is 6.27. The van der Waals surface area contributed by atoms with Crippen molar-refractivity contribution in [1.82, 2.24) is 5.32 Å². The van der Waals surface area contributed by atoms with E-state index < -0.39 is 0 Å². The first-order valence-corrected chi connectivity index (χ1v) is 8.08. The largest absolute Gasteiger partial charge is 0.493 e. The molecular formula is C16H20ClNOS. The summed E-state index contributed by atoms with van der Waals surface area (Å²) in [4.78, 5) is 1.34. The van der Waals surface area contributed by atoms with Crippen LogP contribution in [0.1, 0.15) is 24.3 Å². The molecule has 1 aromatic heterocycles. The van der Waals surface area contributed by atoms with Gasteiger partial charge in [0, 0.05) is 34.5 Å². The highest BCUT2D eigenvalue weighted by Crippen LogP contribution is 2.26. The van der Waals surface area contributed by atoms with Crippen molar-refractivity contribution in [3.63, 3.8) is 0 Å². The van der Waals surface area contributed by atoms with Crippen LogP contribution in [0.15, 0.2) is 35.7 Å². The average molecular weight is 310 g/mol. The van der Waals surface area contributed by atoms with E-state index in [0.29, 0.717) is 12.6 Å². The number of hydrogen-bond acceptors (Lipinski definition) is 3. The monoisotopic (exact) mass is 309 g/mol. The molecule has 0 aliphatic rings. The molecule has 0 bridgehead atoms. The first-order valence-electron chi connectivity index (χ1n) is 6.83. The van der Waals surface area contributed by atoms with Crippen LogP contribution in [0.3, 0.4) is 0 Å². The lowest BCUT2D eigenvalue weighted by Crippen LogP contribution is -2.22. The molecule has 0 saturated heterocycles. The van der Waals surface area contributed by atoms with E-state index in [4.69, 9.17) is 16.3 Å². The molecule has 0 fully saturated rings. The molecule has 0 radical (unpaired) electrons. The van der Waals surface area contributed by atoms with Gasteiger partial charge in [0.15, 0.2) is 0 Å². The Balaban J connectivity index is 1.97. The van der Waals surface area contributed by atoms with E-state index in [0.717, 1.165) is 29.3 Å². The third-order valence-electron chi connectivity index (χ3n) is 2.95. The van der Waals surface area contributed by atoms with Gasteiger partial charge in [-0.2, -0.15) is 0 Å². The third-order valence-corrected chi connectivity index (χ3v) is 4.24. The van der Waals surface area contributed by atoms with Crippen LogP contribution < -0.4 is 10.1 Å². The van der Waals surface area contributed by atoms with Gasteiger partial charge in [0.25, 0.3) is 0 Å². The van der Waals surface area contributed by atoms with Gasteiger partial charge in [-0.3, -0.25) is 0 Å². The molecule has 20 heavy (non-hydrogen) atoms. The molecule has 0 atom stereocenters. The van der Waals surface area contributed by atoms with E-state index >= 15 is 0 Å². The zero-order valence-corrected chi connectivity index (χ0v) is 13.4. The highest BCUT2D eigenvalue weighted by Gasteiger charge is 2.09. The summed E-state index contributed by atoms with van der Waals surface area (Å²) < 4.78 is 5.91. The molecule has 0 unspecified atom stereocenters. The van der Waals surface area contributed by atoms with Gasteiger partial charge in [0.05, 0.1) is 6.61 Å². The fourth-order valence-electron chi connectivity index (χ4n) is 1.87. The van der Waals surface area contributed by atoms with Crippen molar-refractivity contribution in [3.8, 4) is 5.75 Å². The Morgan fingerprint density at radius 2 is 2.10 bits per heavy atom. The van der Waals surface area contributed by atoms with Crippen LogP contribution in [0.2, 0.25) is 5.02 Å². The molecule has 4 heteroatoms. The van der Waals surface area contributed by atoms with Crippen LogP contribution in [0.25, 0.3) is 0 Å². The Kier molecular flexibility index (Phi) is 5.89. The van der Waals surface area contributed by atoms with E-state index in [1.807, 2.05) is 18.2 Å². The zero-order valence-electron chi connectivity index (χ0n) is 11.9. The minimum atomic E-state index is 0.422. The van der Waals surface area contributed by atoms with E-state index in [-0.39, 0.29) is 0 Å². The molecule has 0 aliphatic carbocycles. The van der Waals surface area contributed by atoms with Crippen LogP contribution >= 0.6 is 22.9 Å². The average Bonchev–Trinajstić information content (AvgIpc) is 2.91. The van der Waals surface area contributed by atoms with E-state index in [1.165, 1.54) is 4.88 Å². The Labute approximate surface area is 129 Å². The molecule has 0 aliphatic heterocycles. The number of halogens is 1. The van der Waals surface area contributed by atoms with E-state index in [1.54, 1.807) is 11.3 Å². The zero-order chi connectivity index (χ0) is 14.4. The standard InChI is InChI=1S/C16H20ClNOS/c1-12(2)18-11-14-15(17)6-3-7-16(14)19-9-8-13-5-4-10-20-13/h3-7,10,12,18H,8-9,11H2,1-2H3. The summed E-state index contributed by atoms with van der Waals surface area (Å²) in [5.74, 6) is 0.877. The van der Waals surface area contributed by atoms with Gasteiger partial charge in [0.2, 0.25) is 0 Å². The van der Waals surface area contributed by atoms with Crippen molar-refractivity contribution < 1.29 is 4.74 Å². The van der Waals surface area contributed by atoms with Crippen molar-refractivity contribution in [2.75, 3.05) is 6.61 Å². The maximum Gasteiger partial charge on any atom is 0.125 e. The molecule has 0 saturated carbocycles. The molecule has 2 nitrogen and oxygen atoms in total. The Morgan fingerprint density at radius 3 is 2.80 bits per heavy atom. The number of hydrogen-bond donors (Lipinski definition) is 1. The molecule has 2 aromatic rings.